The van der Waals surface area contributed by atoms with Crippen LogP contribution < -0.4 is 4.74 Å². The zero-order chi connectivity index (χ0) is 18.9. The first-order valence-electron chi connectivity index (χ1n) is 9.07. The fourth-order valence-electron chi connectivity index (χ4n) is 3.91. The van der Waals surface area contributed by atoms with Gasteiger partial charge in [-0.3, -0.25) is 9.69 Å². The van der Waals surface area contributed by atoms with Crippen molar-refractivity contribution in [1.82, 2.24) is 4.90 Å². The third kappa shape index (κ3) is 4.26. The quantitative estimate of drug-likeness (QED) is 0.792. The summed E-state index contributed by atoms with van der Waals surface area (Å²) in [6.07, 6.45) is 3.73. The standard InChI is InChI=1S/C22H21NO4.ClH/c24-19-13-22(10-11-23(15-22)14-17-4-2-1-3-5-17)27-20-8-6-16(12-18(19)20)7-9-21(25)26;/h1-9,12H,10-11,13-15H2,(H,25,26);1H. The number of benzene rings is 2. The van der Waals surface area contributed by atoms with Gasteiger partial charge in [0.25, 0.3) is 0 Å². The maximum absolute atomic E-state index is 12.8. The Balaban J connectivity index is 0.00000225. The van der Waals surface area contributed by atoms with E-state index in [1.807, 2.05) is 18.2 Å². The zero-order valence-electron chi connectivity index (χ0n) is 15.3. The van der Waals surface area contributed by atoms with Crippen LogP contribution in [0.3, 0.4) is 0 Å². The van der Waals surface area contributed by atoms with Crippen LogP contribution in [0.5, 0.6) is 5.75 Å². The Labute approximate surface area is 170 Å². The first-order chi connectivity index (χ1) is 13.0. The molecule has 1 fully saturated rings. The highest BCUT2D eigenvalue weighted by Gasteiger charge is 2.45. The Morgan fingerprint density at radius 3 is 2.75 bits per heavy atom. The topological polar surface area (TPSA) is 66.8 Å². The molecule has 2 aromatic carbocycles. The average Bonchev–Trinajstić information content (AvgIpc) is 3.02. The summed E-state index contributed by atoms with van der Waals surface area (Å²) >= 11 is 0. The van der Waals surface area contributed by atoms with Gasteiger partial charge < -0.3 is 9.84 Å². The van der Waals surface area contributed by atoms with Gasteiger partial charge in [-0.1, -0.05) is 36.4 Å². The number of nitrogens with zero attached hydrogens (tertiary/aromatic N) is 1. The summed E-state index contributed by atoms with van der Waals surface area (Å²) < 4.78 is 6.30. The molecular formula is C22H22ClNO4. The third-order valence-electron chi connectivity index (χ3n) is 5.18. The smallest absolute Gasteiger partial charge is 0.328 e. The van der Waals surface area contributed by atoms with Gasteiger partial charge in [0.15, 0.2) is 5.78 Å². The third-order valence-corrected chi connectivity index (χ3v) is 5.18. The number of carbonyl (C=O) groups excluding carboxylic acids is 1. The van der Waals surface area contributed by atoms with Crippen molar-refractivity contribution >= 4 is 30.2 Å². The molecule has 1 unspecified atom stereocenters. The molecule has 0 saturated carbocycles. The van der Waals surface area contributed by atoms with E-state index in [4.69, 9.17) is 9.84 Å². The number of carboxylic acid groups (broad SMARTS) is 1. The molecule has 1 spiro atoms. The van der Waals surface area contributed by atoms with Crippen molar-refractivity contribution in [1.29, 1.82) is 0 Å². The summed E-state index contributed by atoms with van der Waals surface area (Å²) in [4.78, 5) is 25.8. The second-order valence-corrected chi connectivity index (χ2v) is 7.26. The van der Waals surface area contributed by atoms with Gasteiger partial charge in [0.2, 0.25) is 0 Å². The molecule has 0 aliphatic carbocycles. The van der Waals surface area contributed by atoms with Gasteiger partial charge in [0, 0.05) is 32.1 Å². The number of hydrogen-bond acceptors (Lipinski definition) is 4. The number of fused-ring (bicyclic) bond motifs is 1. The maximum atomic E-state index is 12.8. The van der Waals surface area contributed by atoms with E-state index < -0.39 is 11.6 Å². The Bertz CT molecular complexity index is 912. The van der Waals surface area contributed by atoms with Gasteiger partial charge in [0.1, 0.15) is 11.4 Å². The van der Waals surface area contributed by atoms with E-state index in [-0.39, 0.29) is 18.2 Å². The molecule has 0 amide bonds. The molecule has 0 aromatic heterocycles. The van der Waals surface area contributed by atoms with Gasteiger partial charge in [-0.05, 0) is 29.3 Å². The summed E-state index contributed by atoms with van der Waals surface area (Å²) in [6, 6.07) is 15.6. The molecule has 1 atom stereocenters. The lowest BCUT2D eigenvalue weighted by atomic mass is 9.88. The van der Waals surface area contributed by atoms with Crippen LogP contribution in [0.2, 0.25) is 0 Å². The summed E-state index contributed by atoms with van der Waals surface area (Å²) in [5, 5.41) is 8.75. The molecule has 2 aromatic rings. The minimum Gasteiger partial charge on any atom is -0.485 e. The van der Waals surface area contributed by atoms with E-state index in [1.54, 1.807) is 18.2 Å². The molecule has 2 aliphatic rings. The molecule has 1 saturated heterocycles. The monoisotopic (exact) mass is 399 g/mol. The van der Waals surface area contributed by atoms with Crippen LogP contribution in [0, 0.1) is 0 Å². The van der Waals surface area contributed by atoms with Gasteiger partial charge >= 0.3 is 5.97 Å². The highest BCUT2D eigenvalue weighted by atomic mass is 35.5. The van der Waals surface area contributed by atoms with Crippen LogP contribution in [0.1, 0.15) is 34.3 Å². The number of hydrogen-bond donors (Lipinski definition) is 1. The first-order valence-corrected chi connectivity index (χ1v) is 9.07. The highest BCUT2D eigenvalue weighted by Crippen LogP contribution is 2.39. The molecule has 6 heteroatoms. The van der Waals surface area contributed by atoms with Gasteiger partial charge in [0.05, 0.1) is 12.0 Å². The molecular weight excluding hydrogens is 378 g/mol. The van der Waals surface area contributed by atoms with Crippen LogP contribution in [0.4, 0.5) is 0 Å². The Hall–Kier alpha value is -2.63. The van der Waals surface area contributed by atoms with Crippen molar-refractivity contribution in [2.24, 2.45) is 0 Å². The van der Waals surface area contributed by atoms with Crippen molar-refractivity contribution in [2.75, 3.05) is 13.1 Å². The summed E-state index contributed by atoms with van der Waals surface area (Å²) in [6.45, 7) is 2.48. The Kier molecular flexibility index (Phi) is 5.87. The molecule has 146 valence electrons. The fourth-order valence-corrected chi connectivity index (χ4v) is 3.91. The van der Waals surface area contributed by atoms with Crippen molar-refractivity contribution in [3.8, 4) is 5.75 Å². The SMILES string of the molecule is Cl.O=C(O)C=Cc1ccc2c(c1)C(=O)CC1(CCN(Cc3ccccc3)C1)O2. The van der Waals surface area contributed by atoms with E-state index in [2.05, 4.69) is 17.0 Å². The average molecular weight is 400 g/mol. The van der Waals surface area contributed by atoms with E-state index in [1.165, 1.54) is 11.6 Å². The lowest BCUT2D eigenvalue weighted by Gasteiger charge is -2.35. The molecule has 0 bridgehead atoms. The van der Waals surface area contributed by atoms with Crippen molar-refractivity contribution in [3.63, 3.8) is 0 Å². The van der Waals surface area contributed by atoms with E-state index in [9.17, 15) is 9.59 Å². The molecule has 5 nitrogen and oxygen atoms in total. The number of likely N-dealkylation sites (tertiary alicyclic amines) is 1. The number of carboxylic acids is 1. The summed E-state index contributed by atoms with van der Waals surface area (Å²) in [5.74, 6) is -0.359. The van der Waals surface area contributed by atoms with Gasteiger partial charge in [-0.15, -0.1) is 12.4 Å². The number of Topliss-reactive ketones (excluding diaryl/α,β-unsaturated/α-hetero) is 1. The summed E-state index contributed by atoms with van der Waals surface area (Å²) in [7, 11) is 0. The maximum Gasteiger partial charge on any atom is 0.328 e. The van der Waals surface area contributed by atoms with Crippen molar-refractivity contribution in [2.45, 2.75) is 25.0 Å². The van der Waals surface area contributed by atoms with Crippen LogP contribution in [-0.2, 0) is 11.3 Å². The first kappa shape index (κ1) is 20.1. The van der Waals surface area contributed by atoms with Crippen molar-refractivity contribution < 1.29 is 19.4 Å². The summed E-state index contributed by atoms with van der Waals surface area (Å²) in [5.41, 5.74) is 2.01. The second-order valence-electron chi connectivity index (χ2n) is 7.26. The molecule has 4 rings (SSSR count). The van der Waals surface area contributed by atoms with Gasteiger partial charge in [-0.25, -0.2) is 4.79 Å². The van der Waals surface area contributed by atoms with E-state index in [0.717, 1.165) is 32.1 Å². The second kappa shape index (κ2) is 8.17. The molecule has 1 N–H and O–H groups in total. The number of ether oxygens (including phenoxy) is 1. The van der Waals surface area contributed by atoms with Crippen LogP contribution in [0.15, 0.2) is 54.6 Å². The minimum absolute atomic E-state index is 0. The highest BCUT2D eigenvalue weighted by molar-refractivity contribution is 6.01. The van der Waals surface area contributed by atoms with Gasteiger partial charge in [-0.2, -0.15) is 0 Å². The molecule has 2 heterocycles. The van der Waals surface area contributed by atoms with Crippen LogP contribution in [-0.4, -0.2) is 40.4 Å². The fraction of sp³-hybridized carbons (Fsp3) is 0.273. The molecule has 0 radical (unpaired) electrons. The zero-order valence-corrected chi connectivity index (χ0v) is 16.2. The van der Waals surface area contributed by atoms with Crippen LogP contribution in [0.25, 0.3) is 6.08 Å². The van der Waals surface area contributed by atoms with E-state index >= 15 is 0 Å². The normalized spacial score (nSPS) is 21.4. The van der Waals surface area contributed by atoms with Crippen molar-refractivity contribution in [3.05, 3.63) is 71.3 Å². The predicted molar refractivity (Wildman–Crippen MR) is 109 cm³/mol. The van der Waals surface area contributed by atoms with Crippen LogP contribution >= 0.6 is 12.4 Å². The number of carbonyl (C=O) groups is 2. The predicted octanol–water partition coefficient (Wildman–Crippen LogP) is 3.82. The lowest BCUT2D eigenvalue weighted by molar-refractivity contribution is -0.131. The largest absolute Gasteiger partial charge is 0.485 e. The Morgan fingerprint density at radius 2 is 2.00 bits per heavy atom. The lowest BCUT2D eigenvalue weighted by Crippen LogP contribution is -2.44. The molecule has 28 heavy (non-hydrogen) atoms. The number of aliphatic carboxylic acids is 1. The molecule has 2 aliphatic heterocycles. The van der Waals surface area contributed by atoms with E-state index in [0.29, 0.717) is 23.3 Å². The number of rotatable bonds is 4. The minimum atomic E-state index is -1.02. The number of halogens is 1. The number of ketones is 1. The Morgan fingerprint density at radius 1 is 1.21 bits per heavy atom.